The summed E-state index contributed by atoms with van der Waals surface area (Å²) in [4.78, 5) is 24.7. The van der Waals surface area contributed by atoms with Gasteiger partial charge in [0.05, 0.1) is 18.2 Å². The minimum atomic E-state index is -1.20. The smallest absolute Gasteiger partial charge is 0.545 e. The Labute approximate surface area is 251 Å². The fraction of sp³-hybridized carbons (Fsp3) is 0.806. The number of aliphatic hydroxyl groups is 2. The molecule has 0 aromatic rings. The van der Waals surface area contributed by atoms with E-state index in [4.69, 9.17) is 4.74 Å². The van der Waals surface area contributed by atoms with Crippen molar-refractivity contribution in [3.63, 3.8) is 0 Å². The molecule has 10 atom stereocenters. The standard InChI is InChI=1S/C31H48O6.Na/c1-17(2)9-8-10-20(28(35)36)26-22-15-24(34)27-29(5)13-12-23(33)18(3)21(29)11-14-30(27,6)31(22,7)16-25(26)37-19(4)32;/h9,18,21-25,27,33-34H,8,10-16H2,1-7H3,(H,35,36);/q;+1/p-1/b26-20-;/t18-,21-,22-,23+,24+,25-,27-,29-,30-,31?;/m0./s1. The van der Waals surface area contributed by atoms with Crippen LogP contribution >= 0.6 is 0 Å². The van der Waals surface area contributed by atoms with Gasteiger partial charge in [0.15, 0.2) is 0 Å². The van der Waals surface area contributed by atoms with E-state index in [0.29, 0.717) is 37.2 Å². The number of ether oxygens (including phenoxy) is 1. The number of carbonyl (C=O) groups is 2. The van der Waals surface area contributed by atoms with Gasteiger partial charge in [-0.3, -0.25) is 4.79 Å². The van der Waals surface area contributed by atoms with Crippen LogP contribution < -0.4 is 34.7 Å². The van der Waals surface area contributed by atoms with Crippen LogP contribution in [0.25, 0.3) is 0 Å². The van der Waals surface area contributed by atoms with Gasteiger partial charge in [-0.25, -0.2) is 0 Å². The minimum Gasteiger partial charge on any atom is -0.545 e. The summed E-state index contributed by atoms with van der Waals surface area (Å²) >= 11 is 0. The number of allylic oxidation sites excluding steroid dienone is 2. The number of aliphatic carboxylic acids is 1. The molecule has 4 saturated carbocycles. The van der Waals surface area contributed by atoms with Gasteiger partial charge in [-0.2, -0.15) is 0 Å². The third-order valence-corrected chi connectivity index (χ3v) is 11.6. The summed E-state index contributed by atoms with van der Waals surface area (Å²) in [5, 5.41) is 35.0. The first kappa shape index (κ1) is 31.9. The van der Waals surface area contributed by atoms with Crippen LogP contribution in [0.1, 0.15) is 99.8 Å². The van der Waals surface area contributed by atoms with Crippen molar-refractivity contribution in [2.75, 3.05) is 0 Å². The maximum absolute atomic E-state index is 12.5. The summed E-state index contributed by atoms with van der Waals surface area (Å²) in [6, 6.07) is 0. The fourth-order valence-electron chi connectivity index (χ4n) is 9.78. The van der Waals surface area contributed by atoms with Crippen molar-refractivity contribution in [1.82, 2.24) is 0 Å². The number of carboxylic acids is 1. The Morgan fingerprint density at radius 2 is 1.71 bits per heavy atom. The van der Waals surface area contributed by atoms with E-state index in [1.165, 1.54) is 6.92 Å². The molecule has 1 unspecified atom stereocenters. The molecule has 0 spiro atoms. The molecule has 0 aromatic carbocycles. The van der Waals surface area contributed by atoms with E-state index < -0.39 is 24.1 Å². The van der Waals surface area contributed by atoms with E-state index in [9.17, 15) is 24.9 Å². The first-order valence-electron chi connectivity index (χ1n) is 14.3. The second-order valence-electron chi connectivity index (χ2n) is 13.6. The number of hydrogen-bond acceptors (Lipinski definition) is 6. The summed E-state index contributed by atoms with van der Waals surface area (Å²) in [6.45, 7) is 14.4. The number of fused-ring (bicyclic) bond motifs is 5. The topological polar surface area (TPSA) is 107 Å². The molecule has 4 aliphatic rings. The first-order valence-corrected chi connectivity index (χ1v) is 14.3. The molecule has 0 heterocycles. The van der Waals surface area contributed by atoms with Crippen LogP contribution in [0.5, 0.6) is 0 Å². The van der Waals surface area contributed by atoms with E-state index in [1.807, 2.05) is 19.9 Å². The predicted molar refractivity (Wildman–Crippen MR) is 140 cm³/mol. The zero-order valence-corrected chi connectivity index (χ0v) is 26.8. The third-order valence-electron chi connectivity index (χ3n) is 11.6. The Balaban J connectivity index is 0.00000400. The SMILES string of the molecule is CC(=O)O[C@H]1CC2(C)[C@@H](C[C@@H](O)[C@H]3[C@@]4(C)CC[C@@H](O)[C@@H](C)[C@@H]4CC[C@@]32C)/C1=C(\CCC=C(C)C)C(=O)[O-].[Na+]. The number of carbonyl (C=O) groups excluding carboxylic acids is 2. The fourth-order valence-corrected chi connectivity index (χ4v) is 9.78. The van der Waals surface area contributed by atoms with Crippen LogP contribution in [0.15, 0.2) is 22.8 Å². The van der Waals surface area contributed by atoms with Crippen LogP contribution in [0.3, 0.4) is 0 Å². The average Bonchev–Trinajstić information content (AvgIpc) is 3.05. The molecule has 0 radical (unpaired) electrons. The van der Waals surface area contributed by atoms with Gasteiger partial charge >= 0.3 is 35.5 Å². The van der Waals surface area contributed by atoms with Gasteiger partial charge in [-0.05, 0) is 116 Å². The van der Waals surface area contributed by atoms with Gasteiger partial charge in [0, 0.05) is 6.92 Å². The van der Waals surface area contributed by atoms with Crippen molar-refractivity contribution >= 4 is 11.9 Å². The van der Waals surface area contributed by atoms with Gasteiger partial charge in [-0.15, -0.1) is 0 Å². The second kappa shape index (κ2) is 11.3. The Hall–Kier alpha value is -0.660. The molecule has 4 aliphatic carbocycles. The van der Waals surface area contributed by atoms with Crippen molar-refractivity contribution in [2.45, 2.75) is 118 Å². The number of rotatable bonds is 5. The number of aliphatic hydroxyl groups excluding tert-OH is 2. The Morgan fingerprint density at radius 3 is 2.29 bits per heavy atom. The van der Waals surface area contributed by atoms with Crippen LogP contribution in [0, 0.1) is 39.9 Å². The van der Waals surface area contributed by atoms with Gasteiger partial charge in [-0.1, -0.05) is 39.3 Å². The van der Waals surface area contributed by atoms with Gasteiger partial charge in [0.1, 0.15) is 6.10 Å². The van der Waals surface area contributed by atoms with Crippen molar-refractivity contribution in [1.29, 1.82) is 0 Å². The number of carboxylic acid groups (broad SMARTS) is 1. The Bertz CT molecular complexity index is 1000. The molecule has 38 heavy (non-hydrogen) atoms. The molecule has 0 aliphatic heterocycles. The van der Waals surface area contributed by atoms with Crippen LogP contribution in [0.4, 0.5) is 0 Å². The first-order chi connectivity index (χ1) is 17.2. The Kier molecular flexibility index (Phi) is 9.49. The molecule has 4 rings (SSSR count). The molecule has 208 valence electrons. The van der Waals surface area contributed by atoms with Crippen LogP contribution in [0.2, 0.25) is 0 Å². The van der Waals surface area contributed by atoms with Gasteiger partial charge in [0.25, 0.3) is 0 Å². The van der Waals surface area contributed by atoms with Crippen LogP contribution in [-0.2, 0) is 14.3 Å². The summed E-state index contributed by atoms with van der Waals surface area (Å²) in [5.41, 5.74) is 1.31. The second-order valence-corrected chi connectivity index (χ2v) is 13.6. The van der Waals surface area contributed by atoms with E-state index in [2.05, 4.69) is 27.7 Å². The molecule has 0 aromatic heterocycles. The Morgan fingerprint density at radius 1 is 1.05 bits per heavy atom. The summed E-state index contributed by atoms with van der Waals surface area (Å²) in [6.07, 6.45) is 5.92. The molecule has 6 nitrogen and oxygen atoms in total. The molecule has 4 fully saturated rings. The number of esters is 1. The molecule has 0 saturated heterocycles. The molecular weight excluding hydrogens is 491 g/mol. The number of hydrogen-bond donors (Lipinski definition) is 2. The molecule has 2 N–H and O–H groups in total. The van der Waals surface area contributed by atoms with Gasteiger partial charge in [0.2, 0.25) is 0 Å². The zero-order valence-electron chi connectivity index (χ0n) is 24.8. The van der Waals surface area contributed by atoms with E-state index in [1.54, 1.807) is 0 Å². The summed E-state index contributed by atoms with van der Waals surface area (Å²) in [7, 11) is 0. The van der Waals surface area contributed by atoms with Crippen molar-refractivity contribution in [2.24, 2.45) is 39.9 Å². The van der Waals surface area contributed by atoms with Crippen molar-refractivity contribution < 1.29 is 59.2 Å². The normalized spacial score (nSPS) is 45.0. The van der Waals surface area contributed by atoms with Crippen molar-refractivity contribution in [3.05, 3.63) is 22.8 Å². The van der Waals surface area contributed by atoms with E-state index in [0.717, 1.165) is 31.3 Å². The summed E-state index contributed by atoms with van der Waals surface area (Å²) < 4.78 is 5.84. The quantitative estimate of drug-likeness (QED) is 0.237. The monoisotopic (exact) mass is 538 g/mol. The summed E-state index contributed by atoms with van der Waals surface area (Å²) in [5.74, 6) is -1.25. The molecule has 0 amide bonds. The van der Waals surface area contributed by atoms with Crippen LogP contribution in [-0.4, -0.2) is 40.5 Å². The van der Waals surface area contributed by atoms with Crippen molar-refractivity contribution in [3.8, 4) is 0 Å². The molecule has 7 heteroatoms. The minimum absolute atomic E-state index is 0. The van der Waals surface area contributed by atoms with E-state index in [-0.39, 0.29) is 75.2 Å². The van der Waals surface area contributed by atoms with Gasteiger partial charge < -0.3 is 24.9 Å². The predicted octanol–water partition coefficient (Wildman–Crippen LogP) is 1.34. The molecular formula is C31H47NaO6. The maximum atomic E-state index is 12.5. The largest absolute Gasteiger partial charge is 1.00 e. The third kappa shape index (κ3) is 5.00. The average molecular weight is 539 g/mol. The maximum Gasteiger partial charge on any atom is 1.00 e. The molecule has 0 bridgehead atoms. The zero-order chi connectivity index (χ0) is 27.5. The van der Waals surface area contributed by atoms with E-state index >= 15 is 0 Å².